The molecule has 1 amide bonds. The van der Waals surface area contributed by atoms with E-state index in [1.54, 1.807) is 11.9 Å². The molecule has 5 nitrogen and oxygen atoms in total. The number of ether oxygens (including phenoxy) is 1. The average molecular weight is 417 g/mol. The number of amides is 1. The van der Waals surface area contributed by atoms with E-state index in [1.807, 2.05) is 0 Å². The molecule has 1 spiro atoms. The highest BCUT2D eigenvalue weighted by molar-refractivity contribution is 7.83. The predicted octanol–water partition coefficient (Wildman–Crippen LogP) is 4.03. The highest BCUT2D eigenvalue weighted by Gasteiger charge is 2.57. The minimum absolute atomic E-state index is 0.163. The number of hydrogen-bond donors (Lipinski definition) is 0. The molecule has 3 aliphatic carbocycles. The van der Waals surface area contributed by atoms with Crippen molar-refractivity contribution in [1.29, 1.82) is 0 Å². The standard InChI is InChI=1S/C23H32N2O3S/c1-22(24(2)21(26)28-3)12-20(13-22)29(27)25-14-23(15-25)10-19(11-23)18-6-4-5-17(9-18)16-7-8-16/h4-6,9,16,19-20H,7-8,10-15H2,1-3H3. The van der Waals surface area contributed by atoms with Gasteiger partial charge in [-0.25, -0.2) is 13.3 Å². The number of carbonyl (C=O) groups is 1. The Morgan fingerprint density at radius 2 is 1.76 bits per heavy atom. The van der Waals surface area contributed by atoms with Crippen LogP contribution in [0.4, 0.5) is 4.79 Å². The van der Waals surface area contributed by atoms with Crippen LogP contribution in [0.25, 0.3) is 0 Å². The monoisotopic (exact) mass is 416 g/mol. The highest BCUT2D eigenvalue weighted by atomic mass is 32.2. The van der Waals surface area contributed by atoms with Gasteiger partial charge in [-0.15, -0.1) is 0 Å². The van der Waals surface area contributed by atoms with E-state index in [-0.39, 0.29) is 16.9 Å². The fraction of sp³-hybridized carbons (Fsp3) is 0.696. The van der Waals surface area contributed by atoms with Gasteiger partial charge in [0, 0.05) is 25.7 Å². The van der Waals surface area contributed by atoms with Crippen molar-refractivity contribution >= 4 is 17.1 Å². The molecule has 29 heavy (non-hydrogen) atoms. The van der Waals surface area contributed by atoms with Gasteiger partial charge in [-0.2, -0.15) is 0 Å². The zero-order valence-electron chi connectivity index (χ0n) is 17.7. The first-order valence-corrected chi connectivity index (χ1v) is 12.1. The maximum atomic E-state index is 13.0. The first-order valence-electron chi connectivity index (χ1n) is 10.9. The van der Waals surface area contributed by atoms with Crippen molar-refractivity contribution in [2.45, 2.75) is 68.1 Å². The smallest absolute Gasteiger partial charge is 0.409 e. The summed E-state index contributed by atoms with van der Waals surface area (Å²) in [5.41, 5.74) is 3.21. The van der Waals surface area contributed by atoms with E-state index in [9.17, 15) is 9.00 Å². The lowest BCUT2D eigenvalue weighted by Crippen LogP contribution is -2.66. The molecule has 1 aromatic carbocycles. The summed E-state index contributed by atoms with van der Waals surface area (Å²) in [6, 6.07) is 9.25. The molecule has 0 bridgehead atoms. The lowest BCUT2D eigenvalue weighted by atomic mass is 9.57. The summed E-state index contributed by atoms with van der Waals surface area (Å²) in [6.07, 6.45) is 6.44. The van der Waals surface area contributed by atoms with Gasteiger partial charge in [-0.1, -0.05) is 24.3 Å². The molecule has 158 valence electrons. The largest absolute Gasteiger partial charge is 0.453 e. The van der Waals surface area contributed by atoms with E-state index in [0.29, 0.717) is 11.3 Å². The Bertz CT molecular complexity index is 832. The lowest BCUT2D eigenvalue weighted by molar-refractivity contribution is -0.0250. The lowest BCUT2D eigenvalue weighted by Gasteiger charge is -2.60. The number of benzene rings is 1. The fourth-order valence-corrected chi connectivity index (χ4v) is 7.93. The second-order valence-electron chi connectivity index (χ2n) is 10.2. The molecule has 0 aromatic heterocycles. The molecule has 5 rings (SSSR count). The van der Waals surface area contributed by atoms with Crippen LogP contribution in [-0.2, 0) is 15.7 Å². The summed E-state index contributed by atoms with van der Waals surface area (Å²) in [7, 11) is 2.25. The number of carbonyl (C=O) groups excluding carboxylic acids is 1. The Balaban J connectivity index is 1.11. The van der Waals surface area contributed by atoms with Gasteiger partial charge in [-0.05, 0) is 73.8 Å². The van der Waals surface area contributed by atoms with Crippen molar-refractivity contribution in [2.75, 3.05) is 27.2 Å². The van der Waals surface area contributed by atoms with Crippen molar-refractivity contribution in [3.63, 3.8) is 0 Å². The van der Waals surface area contributed by atoms with Gasteiger partial charge in [0.2, 0.25) is 0 Å². The average Bonchev–Trinajstić information content (AvgIpc) is 3.47. The number of hydrogen-bond acceptors (Lipinski definition) is 3. The van der Waals surface area contributed by atoms with Crippen molar-refractivity contribution in [2.24, 2.45) is 5.41 Å². The second kappa shape index (κ2) is 6.81. The molecule has 6 heteroatoms. The van der Waals surface area contributed by atoms with Crippen LogP contribution in [0.1, 0.15) is 68.4 Å². The zero-order chi connectivity index (χ0) is 20.4. The minimum atomic E-state index is -0.931. The van der Waals surface area contributed by atoms with E-state index in [2.05, 4.69) is 35.5 Å². The third-order valence-electron chi connectivity index (χ3n) is 7.95. The molecule has 1 atom stereocenters. The third kappa shape index (κ3) is 3.32. The molecule has 1 heterocycles. The van der Waals surface area contributed by atoms with Crippen LogP contribution < -0.4 is 0 Å². The van der Waals surface area contributed by atoms with Crippen LogP contribution in [0.15, 0.2) is 24.3 Å². The summed E-state index contributed by atoms with van der Waals surface area (Å²) in [5.74, 6) is 1.50. The number of nitrogens with zero attached hydrogens (tertiary/aromatic N) is 2. The fourth-order valence-electron chi connectivity index (χ4n) is 5.70. The third-order valence-corrected chi connectivity index (χ3v) is 9.62. The van der Waals surface area contributed by atoms with Gasteiger partial charge in [0.05, 0.1) is 23.3 Å². The molecule has 3 saturated carbocycles. The van der Waals surface area contributed by atoms with Crippen molar-refractivity contribution in [1.82, 2.24) is 9.21 Å². The van der Waals surface area contributed by atoms with Crippen LogP contribution in [-0.4, -0.2) is 57.5 Å². The second-order valence-corrected chi connectivity index (χ2v) is 11.9. The normalized spacial score (nSPS) is 32.0. The molecule has 1 unspecified atom stereocenters. The van der Waals surface area contributed by atoms with E-state index < -0.39 is 11.0 Å². The highest BCUT2D eigenvalue weighted by Crippen LogP contribution is 2.57. The van der Waals surface area contributed by atoms with E-state index in [4.69, 9.17) is 4.74 Å². The quantitative estimate of drug-likeness (QED) is 0.728. The van der Waals surface area contributed by atoms with Gasteiger partial charge in [0.15, 0.2) is 0 Å². The Labute approximate surface area is 176 Å². The van der Waals surface area contributed by atoms with E-state index in [1.165, 1.54) is 43.9 Å². The topological polar surface area (TPSA) is 49.9 Å². The molecule has 1 aliphatic heterocycles. The Morgan fingerprint density at radius 3 is 2.34 bits per heavy atom. The van der Waals surface area contributed by atoms with Crippen molar-refractivity contribution < 1.29 is 13.7 Å². The molecular weight excluding hydrogens is 384 g/mol. The molecule has 0 radical (unpaired) electrons. The van der Waals surface area contributed by atoms with Gasteiger partial charge in [0.25, 0.3) is 0 Å². The van der Waals surface area contributed by atoms with Crippen LogP contribution in [0.3, 0.4) is 0 Å². The Kier molecular flexibility index (Phi) is 4.59. The summed E-state index contributed by atoms with van der Waals surface area (Å²) in [6.45, 7) is 4.00. The van der Waals surface area contributed by atoms with Crippen molar-refractivity contribution in [3.8, 4) is 0 Å². The maximum Gasteiger partial charge on any atom is 0.409 e. The molecule has 4 fully saturated rings. The van der Waals surface area contributed by atoms with Crippen LogP contribution in [0.5, 0.6) is 0 Å². The van der Waals surface area contributed by atoms with Gasteiger partial charge < -0.3 is 9.64 Å². The SMILES string of the molecule is COC(=O)N(C)C1(C)CC(S(=O)N2CC3(CC(c4cccc(C5CC5)c4)C3)C2)C1. The Hall–Kier alpha value is -1.40. The molecule has 1 saturated heterocycles. The zero-order valence-corrected chi connectivity index (χ0v) is 18.5. The van der Waals surface area contributed by atoms with E-state index in [0.717, 1.165) is 31.8 Å². The van der Waals surface area contributed by atoms with Crippen LogP contribution in [0.2, 0.25) is 0 Å². The predicted molar refractivity (Wildman–Crippen MR) is 114 cm³/mol. The first kappa shape index (κ1) is 19.6. The maximum absolute atomic E-state index is 13.0. The van der Waals surface area contributed by atoms with Crippen LogP contribution >= 0.6 is 0 Å². The van der Waals surface area contributed by atoms with Crippen LogP contribution in [0, 0.1) is 5.41 Å². The summed E-state index contributed by atoms with van der Waals surface area (Å²) < 4.78 is 20.0. The summed E-state index contributed by atoms with van der Waals surface area (Å²) in [4.78, 5) is 13.4. The Morgan fingerprint density at radius 1 is 1.14 bits per heavy atom. The van der Waals surface area contributed by atoms with Gasteiger partial charge >= 0.3 is 6.09 Å². The first-order chi connectivity index (χ1) is 13.8. The van der Waals surface area contributed by atoms with Crippen molar-refractivity contribution in [3.05, 3.63) is 35.4 Å². The molecule has 4 aliphatic rings. The summed E-state index contributed by atoms with van der Waals surface area (Å²) >= 11 is 0. The molecule has 0 N–H and O–H groups in total. The van der Waals surface area contributed by atoms with Gasteiger partial charge in [-0.3, -0.25) is 0 Å². The minimum Gasteiger partial charge on any atom is -0.453 e. The number of rotatable bonds is 5. The number of methoxy groups -OCH3 is 1. The molecule has 1 aromatic rings. The summed E-state index contributed by atoms with van der Waals surface area (Å²) in [5, 5.41) is 0.163. The molecular formula is C23H32N2O3S. The van der Waals surface area contributed by atoms with Gasteiger partial charge in [0.1, 0.15) is 0 Å². The van der Waals surface area contributed by atoms with E-state index >= 15 is 0 Å².